The third-order valence-corrected chi connectivity index (χ3v) is 12.5. The van der Waals surface area contributed by atoms with Crippen LogP contribution in [0.5, 0.6) is 0 Å². The van der Waals surface area contributed by atoms with E-state index in [2.05, 4.69) is 201 Å². The minimum absolute atomic E-state index is 0.954. The summed E-state index contributed by atoms with van der Waals surface area (Å²) in [4.78, 5) is 7.06. The molecule has 3 nitrogen and oxygen atoms in total. The van der Waals surface area contributed by atoms with Crippen molar-refractivity contribution in [2.45, 2.75) is 0 Å². The quantitative estimate of drug-likeness (QED) is 0.167. The molecule has 11 aromatic rings. The molecule has 0 amide bonds. The van der Waals surface area contributed by atoms with E-state index in [-0.39, 0.29) is 0 Å². The average Bonchev–Trinajstić information content (AvgIpc) is 3.78. The molecule has 3 aromatic heterocycles. The monoisotopic (exact) mass is 797 g/mol. The summed E-state index contributed by atoms with van der Waals surface area (Å²) in [5, 5.41) is 7.62. The fourth-order valence-corrected chi connectivity index (χ4v) is 9.91. The summed E-state index contributed by atoms with van der Waals surface area (Å²) in [6.45, 7) is 0. The topological polar surface area (TPSA) is 21.1 Å². The van der Waals surface area contributed by atoms with Crippen LogP contribution in [-0.2, 0) is 0 Å². The van der Waals surface area contributed by atoms with Crippen LogP contribution < -0.4 is 4.90 Å². The largest absolute Gasteiger partial charge is 0.310 e. The van der Waals surface area contributed by atoms with E-state index >= 15 is 0 Å². The molecular formula is C51H32BrN3S. The first-order valence-corrected chi connectivity index (χ1v) is 20.3. The number of hydrogen-bond donors (Lipinski definition) is 0. The van der Waals surface area contributed by atoms with Gasteiger partial charge >= 0.3 is 0 Å². The van der Waals surface area contributed by atoms with Gasteiger partial charge in [0.2, 0.25) is 0 Å². The Labute approximate surface area is 336 Å². The number of para-hydroxylation sites is 1. The van der Waals surface area contributed by atoms with Gasteiger partial charge in [-0.15, -0.1) is 11.3 Å². The highest BCUT2D eigenvalue weighted by atomic mass is 79.9. The first-order valence-electron chi connectivity index (χ1n) is 18.7. The Balaban J connectivity index is 1.15. The van der Waals surface area contributed by atoms with Crippen molar-refractivity contribution in [3.05, 3.63) is 199 Å². The maximum absolute atomic E-state index is 4.71. The standard InChI is InChI=1S/C51H32BrN3S/c52-37-13-8-11-35(28-37)33-19-22-39(23-20-33)54(38-14-2-1-3-15-38)41-24-26-43-45-32-50-46(44-25-21-34-10-4-5-17-42(34)51(44)56-50)31-49(45)55(48(43)30-41)40-16-9-12-36(29-40)47-18-6-7-27-53-47/h1-32H. The summed E-state index contributed by atoms with van der Waals surface area (Å²) in [7, 11) is 0. The average molecular weight is 799 g/mol. The number of anilines is 3. The molecule has 0 aliphatic rings. The predicted molar refractivity (Wildman–Crippen MR) is 242 cm³/mol. The lowest BCUT2D eigenvalue weighted by Crippen LogP contribution is -2.10. The lowest BCUT2D eigenvalue weighted by Gasteiger charge is -2.26. The van der Waals surface area contributed by atoms with Gasteiger partial charge in [-0.25, -0.2) is 0 Å². The van der Waals surface area contributed by atoms with Crippen molar-refractivity contribution in [3.63, 3.8) is 0 Å². The van der Waals surface area contributed by atoms with Crippen molar-refractivity contribution in [1.82, 2.24) is 9.55 Å². The van der Waals surface area contributed by atoms with Gasteiger partial charge in [-0.1, -0.05) is 119 Å². The zero-order valence-electron chi connectivity index (χ0n) is 30.1. The summed E-state index contributed by atoms with van der Waals surface area (Å²) in [5.74, 6) is 0. The number of pyridine rings is 1. The predicted octanol–water partition coefficient (Wildman–Crippen LogP) is 15.3. The highest BCUT2D eigenvalue weighted by Crippen LogP contribution is 2.45. The van der Waals surface area contributed by atoms with E-state index in [4.69, 9.17) is 4.98 Å². The first-order chi connectivity index (χ1) is 27.7. The number of hydrogen-bond acceptors (Lipinski definition) is 3. The summed E-state index contributed by atoms with van der Waals surface area (Å²) in [6, 6.07) is 67.9. The van der Waals surface area contributed by atoms with Crippen molar-refractivity contribution in [3.8, 4) is 28.1 Å². The molecule has 11 rings (SSSR count). The third-order valence-electron chi connectivity index (χ3n) is 10.9. The van der Waals surface area contributed by atoms with E-state index in [1.165, 1.54) is 58.4 Å². The number of aromatic nitrogens is 2. The maximum atomic E-state index is 4.71. The van der Waals surface area contributed by atoms with Crippen LogP contribution in [0.15, 0.2) is 199 Å². The van der Waals surface area contributed by atoms with Gasteiger partial charge in [-0.3, -0.25) is 4.98 Å². The van der Waals surface area contributed by atoms with Gasteiger partial charge in [0.25, 0.3) is 0 Å². The Morgan fingerprint density at radius 2 is 1.21 bits per heavy atom. The Morgan fingerprint density at radius 1 is 0.464 bits per heavy atom. The zero-order valence-corrected chi connectivity index (χ0v) is 32.5. The molecule has 56 heavy (non-hydrogen) atoms. The molecule has 0 N–H and O–H groups in total. The number of halogens is 1. The molecule has 3 heterocycles. The van der Waals surface area contributed by atoms with Crippen molar-refractivity contribution in [2.75, 3.05) is 4.90 Å². The van der Waals surface area contributed by atoms with Gasteiger partial charge in [-0.05, 0) is 107 Å². The summed E-state index contributed by atoms with van der Waals surface area (Å²) in [5.41, 5.74) is 11.1. The number of nitrogens with zero attached hydrogens (tertiary/aromatic N) is 3. The number of thiophene rings is 1. The normalized spacial score (nSPS) is 11.7. The highest BCUT2D eigenvalue weighted by Gasteiger charge is 2.20. The molecule has 0 saturated carbocycles. The van der Waals surface area contributed by atoms with Crippen LogP contribution >= 0.6 is 27.3 Å². The summed E-state index contributed by atoms with van der Waals surface area (Å²) < 4.78 is 6.15. The lowest BCUT2D eigenvalue weighted by molar-refractivity contribution is 1.18. The van der Waals surface area contributed by atoms with Crippen molar-refractivity contribution in [2.24, 2.45) is 0 Å². The van der Waals surface area contributed by atoms with E-state index in [1.54, 1.807) is 0 Å². The molecule has 0 saturated heterocycles. The van der Waals surface area contributed by atoms with Crippen LogP contribution in [0.4, 0.5) is 17.1 Å². The Hall–Kier alpha value is -6.53. The number of benzene rings is 8. The minimum atomic E-state index is 0.954. The van der Waals surface area contributed by atoms with E-state index in [0.29, 0.717) is 0 Å². The second-order valence-electron chi connectivity index (χ2n) is 14.2. The molecule has 264 valence electrons. The molecule has 0 bridgehead atoms. The van der Waals surface area contributed by atoms with Crippen LogP contribution in [-0.4, -0.2) is 9.55 Å². The van der Waals surface area contributed by atoms with Crippen LogP contribution in [0, 0.1) is 0 Å². The van der Waals surface area contributed by atoms with E-state index in [1.807, 2.05) is 29.7 Å². The van der Waals surface area contributed by atoms with Crippen LogP contribution in [0.1, 0.15) is 0 Å². The smallest absolute Gasteiger partial charge is 0.0702 e. The second kappa shape index (κ2) is 13.3. The van der Waals surface area contributed by atoms with Crippen LogP contribution in [0.3, 0.4) is 0 Å². The van der Waals surface area contributed by atoms with Gasteiger partial charge in [0.15, 0.2) is 0 Å². The maximum Gasteiger partial charge on any atom is 0.0702 e. The molecule has 0 aliphatic heterocycles. The molecular weight excluding hydrogens is 767 g/mol. The van der Waals surface area contributed by atoms with Gasteiger partial charge in [0.1, 0.15) is 0 Å². The lowest BCUT2D eigenvalue weighted by atomic mass is 10.0. The van der Waals surface area contributed by atoms with Gasteiger partial charge in [-0.2, -0.15) is 0 Å². The minimum Gasteiger partial charge on any atom is -0.310 e. The SMILES string of the molecule is Brc1cccc(-c2ccc(N(c3ccccc3)c3ccc4c5cc6sc7c8ccccc8ccc7c6cc5n(-c5cccc(-c6ccccn6)c5)c4c3)cc2)c1. The molecule has 8 aromatic carbocycles. The van der Waals surface area contributed by atoms with Gasteiger partial charge in [0.05, 0.1) is 16.7 Å². The van der Waals surface area contributed by atoms with Crippen LogP contribution in [0.25, 0.3) is 80.8 Å². The molecule has 0 radical (unpaired) electrons. The van der Waals surface area contributed by atoms with Crippen molar-refractivity contribution >= 4 is 97.1 Å². The second-order valence-corrected chi connectivity index (χ2v) is 16.1. The molecule has 0 fully saturated rings. The van der Waals surface area contributed by atoms with E-state index < -0.39 is 0 Å². The molecule has 0 unspecified atom stereocenters. The first kappa shape index (κ1) is 32.9. The third kappa shape index (κ3) is 5.50. The van der Waals surface area contributed by atoms with E-state index in [9.17, 15) is 0 Å². The Kier molecular flexibility index (Phi) is 7.83. The highest BCUT2D eigenvalue weighted by molar-refractivity contribution is 9.10. The molecule has 0 aliphatic carbocycles. The molecule has 5 heteroatoms. The van der Waals surface area contributed by atoms with Crippen LogP contribution in [0.2, 0.25) is 0 Å². The number of rotatable bonds is 6. The fraction of sp³-hybridized carbons (Fsp3) is 0. The Bertz CT molecular complexity index is 3260. The fourth-order valence-electron chi connectivity index (χ4n) is 8.25. The van der Waals surface area contributed by atoms with Gasteiger partial charge in [0, 0.05) is 69.9 Å². The van der Waals surface area contributed by atoms with Gasteiger partial charge < -0.3 is 9.47 Å². The Morgan fingerprint density at radius 3 is 2.07 bits per heavy atom. The van der Waals surface area contributed by atoms with E-state index in [0.717, 1.165) is 44.0 Å². The zero-order chi connectivity index (χ0) is 37.2. The molecule has 0 spiro atoms. The summed E-state index contributed by atoms with van der Waals surface area (Å²) in [6.07, 6.45) is 1.86. The number of fused-ring (bicyclic) bond motifs is 8. The molecule has 0 atom stereocenters. The van der Waals surface area contributed by atoms with Crippen molar-refractivity contribution in [1.29, 1.82) is 0 Å². The van der Waals surface area contributed by atoms with Crippen molar-refractivity contribution < 1.29 is 0 Å². The summed E-state index contributed by atoms with van der Waals surface area (Å²) >= 11 is 5.54.